The Kier molecular flexibility index (Phi) is 4.01. The number of hydrogen-bond donors (Lipinski definition) is 0. The zero-order valence-electron chi connectivity index (χ0n) is 12.8. The van der Waals surface area contributed by atoms with Crippen molar-refractivity contribution < 1.29 is 14.3 Å². The van der Waals surface area contributed by atoms with Crippen LogP contribution in [0.4, 0.5) is 0 Å². The lowest BCUT2D eigenvalue weighted by atomic mass is 9.49. The van der Waals surface area contributed by atoms with Crippen LogP contribution in [0.15, 0.2) is 23.8 Å². The van der Waals surface area contributed by atoms with Gasteiger partial charge in [-0.25, -0.2) is 0 Å². The first-order valence-corrected chi connectivity index (χ1v) is 7.25. The van der Waals surface area contributed by atoms with E-state index in [1.54, 1.807) is 13.2 Å². The zero-order chi connectivity index (χ0) is 15.0. The van der Waals surface area contributed by atoms with Crippen LogP contribution in [0.3, 0.4) is 0 Å². The molecular formula is C17H24O3. The third-order valence-corrected chi connectivity index (χ3v) is 5.17. The first-order chi connectivity index (χ1) is 9.40. The topological polar surface area (TPSA) is 43.4 Å². The van der Waals surface area contributed by atoms with E-state index in [1.807, 2.05) is 13.0 Å². The van der Waals surface area contributed by atoms with Crippen LogP contribution < -0.4 is 0 Å². The molecule has 0 saturated heterocycles. The first-order valence-electron chi connectivity index (χ1n) is 7.25. The van der Waals surface area contributed by atoms with Crippen LogP contribution in [-0.2, 0) is 14.3 Å². The van der Waals surface area contributed by atoms with Crippen molar-refractivity contribution in [2.45, 2.75) is 33.6 Å². The molecule has 2 rings (SSSR count). The second kappa shape index (κ2) is 5.28. The number of fused-ring (bicyclic) bond motifs is 1. The van der Waals surface area contributed by atoms with E-state index in [9.17, 15) is 9.59 Å². The summed E-state index contributed by atoms with van der Waals surface area (Å²) in [5.74, 6) is -0.0450. The lowest BCUT2D eigenvalue weighted by Crippen LogP contribution is -2.54. The van der Waals surface area contributed by atoms with Crippen LogP contribution in [-0.4, -0.2) is 25.8 Å². The molecule has 3 atom stereocenters. The number of rotatable bonds is 4. The minimum Gasteiger partial charge on any atom is -0.385 e. The van der Waals surface area contributed by atoms with Gasteiger partial charge in [-0.15, -0.1) is 0 Å². The summed E-state index contributed by atoms with van der Waals surface area (Å²) < 4.78 is 5.18. The summed E-state index contributed by atoms with van der Waals surface area (Å²) in [5.41, 5.74) is 0.0947. The molecule has 20 heavy (non-hydrogen) atoms. The second-order valence-electron chi connectivity index (χ2n) is 6.64. The van der Waals surface area contributed by atoms with Gasteiger partial charge < -0.3 is 9.53 Å². The highest BCUT2D eigenvalue weighted by atomic mass is 16.5. The molecule has 0 amide bonds. The van der Waals surface area contributed by atoms with Crippen LogP contribution in [0.5, 0.6) is 0 Å². The minimum atomic E-state index is -0.907. The van der Waals surface area contributed by atoms with E-state index in [2.05, 4.69) is 19.9 Å². The van der Waals surface area contributed by atoms with Crippen molar-refractivity contribution in [1.29, 1.82) is 0 Å². The number of carbonyl (C=O) groups is 2. The van der Waals surface area contributed by atoms with Gasteiger partial charge in [0.15, 0.2) is 5.78 Å². The molecule has 0 aromatic heterocycles. The lowest BCUT2D eigenvalue weighted by Gasteiger charge is -2.51. The Bertz CT molecular complexity index is 473. The molecule has 0 aliphatic heterocycles. The van der Waals surface area contributed by atoms with Crippen molar-refractivity contribution in [2.75, 3.05) is 13.7 Å². The van der Waals surface area contributed by atoms with Gasteiger partial charge in [-0.3, -0.25) is 4.79 Å². The Labute approximate surface area is 121 Å². The number of hydrogen-bond acceptors (Lipinski definition) is 3. The van der Waals surface area contributed by atoms with Gasteiger partial charge in [-0.2, -0.15) is 0 Å². The maximum Gasteiger partial charge on any atom is 0.169 e. The Balaban J connectivity index is 2.53. The van der Waals surface area contributed by atoms with Crippen LogP contribution in [0.25, 0.3) is 0 Å². The molecule has 0 aromatic rings. The molecule has 0 radical (unpaired) electrons. The number of allylic oxidation sites excluding steroid dienone is 4. The summed E-state index contributed by atoms with van der Waals surface area (Å²) >= 11 is 0. The number of methoxy groups -OCH3 is 1. The molecule has 110 valence electrons. The highest BCUT2D eigenvalue weighted by Gasteiger charge is 2.57. The number of ketones is 1. The molecule has 0 saturated carbocycles. The normalized spacial score (nSPS) is 35.4. The van der Waals surface area contributed by atoms with E-state index in [0.717, 1.165) is 18.3 Å². The van der Waals surface area contributed by atoms with Gasteiger partial charge in [0.25, 0.3) is 0 Å². The van der Waals surface area contributed by atoms with Gasteiger partial charge in [0.2, 0.25) is 0 Å². The highest BCUT2D eigenvalue weighted by Crippen LogP contribution is 2.55. The molecule has 0 spiro atoms. The predicted molar refractivity (Wildman–Crippen MR) is 78.3 cm³/mol. The van der Waals surface area contributed by atoms with Crippen LogP contribution >= 0.6 is 0 Å². The number of carbonyl (C=O) groups excluding carboxylic acids is 2. The van der Waals surface area contributed by atoms with E-state index in [1.165, 1.54) is 0 Å². The average molecular weight is 276 g/mol. The highest BCUT2D eigenvalue weighted by molar-refractivity contribution is 6.07. The monoisotopic (exact) mass is 276 g/mol. The molecule has 0 unspecified atom stereocenters. The maximum absolute atomic E-state index is 12.6. The van der Waals surface area contributed by atoms with Crippen molar-refractivity contribution in [2.24, 2.45) is 22.7 Å². The van der Waals surface area contributed by atoms with Crippen molar-refractivity contribution >= 4 is 12.1 Å². The molecule has 0 fully saturated rings. The van der Waals surface area contributed by atoms with E-state index in [4.69, 9.17) is 4.74 Å². The van der Waals surface area contributed by atoms with Gasteiger partial charge >= 0.3 is 0 Å². The Morgan fingerprint density at radius 2 is 2.15 bits per heavy atom. The lowest BCUT2D eigenvalue weighted by molar-refractivity contribution is -0.144. The quantitative estimate of drug-likeness (QED) is 0.450. The average Bonchev–Trinajstić information content (AvgIpc) is 2.41. The summed E-state index contributed by atoms with van der Waals surface area (Å²) in [6.45, 7) is 6.82. The van der Waals surface area contributed by atoms with Crippen LogP contribution in [0.2, 0.25) is 0 Å². The fraction of sp³-hybridized carbons (Fsp3) is 0.647. The molecule has 0 N–H and O–H groups in total. The summed E-state index contributed by atoms with van der Waals surface area (Å²) in [4.78, 5) is 24.6. The van der Waals surface area contributed by atoms with E-state index in [-0.39, 0.29) is 23.0 Å². The Morgan fingerprint density at radius 1 is 1.45 bits per heavy atom. The van der Waals surface area contributed by atoms with Crippen molar-refractivity contribution in [3.05, 3.63) is 23.8 Å². The maximum atomic E-state index is 12.6. The fourth-order valence-corrected chi connectivity index (χ4v) is 4.00. The predicted octanol–water partition coefficient (Wildman–Crippen LogP) is 2.96. The Hall–Kier alpha value is -1.22. The standard InChI is InChI=1S/C17H24O3/c1-12-5-6-14-16(2,3)9-7-15(19)17(14,11-18)13(12)8-10-20-4/h5,7,9,11,13-14H,6,8,10H2,1-4H3/t13-,14+,17+/m1/s1. The van der Waals surface area contributed by atoms with E-state index in [0.29, 0.717) is 13.0 Å². The largest absolute Gasteiger partial charge is 0.385 e. The fourth-order valence-electron chi connectivity index (χ4n) is 4.00. The van der Waals surface area contributed by atoms with Gasteiger partial charge in [0.1, 0.15) is 6.29 Å². The van der Waals surface area contributed by atoms with Gasteiger partial charge in [-0.1, -0.05) is 31.6 Å². The van der Waals surface area contributed by atoms with Crippen molar-refractivity contribution in [3.8, 4) is 0 Å². The second-order valence-corrected chi connectivity index (χ2v) is 6.64. The van der Waals surface area contributed by atoms with Gasteiger partial charge in [0.05, 0.1) is 5.41 Å². The van der Waals surface area contributed by atoms with E-state index < -0.39 is 5.41 Å². The molecule has 3 heteroatoms. The first kappa shape index (κ1) is 15.2. The molecule has 0 bridgehead atoms. The molecule has 0 heterocycles. The molecular weight excluding hydrogens is 252 g/mol. The van der Waals surface area contributed by atoms with Crippen LogP contribution in [0.1, 0.15) is 33.6 Å². The minimum absolute atomic E-state index is 0.0367. The number of ether oxygens (including phenoxy) is 1. The molecule has 3 nitrogen and oxygen atoms in total. The van der Waals surface area contributed by atoms with Crippen molar-refractivity contribution in [3.63, 3.8) is 0 Å². The van der Waals surface area contributed by atoms with Crippen molar-refractivity contribution in [1.82, 2.24) is 0 Å². The third-order valence-electron chi connectivity index (χ3n) is 5.17. The van der Waals surface area contributed by atoms with E-state index >= 15 is 0 Å². The van der Waals surface area contributed by atoms with Crippen LogP contribution in [0, 0.1) is 22.7 Å². The number of aldehydes is 1. The smallest absolute Gasteiger partial charge is 0.169 e. The SMILES string of the molecule is COCC[C@@H]1C(C)=CC[C@H]2C(C)(C)C=CC(=O)[C@@]12C=O. The third kappa shape index (κ3) is 2.08. The Morgan fingerprint density at radius 3 is 2.75 bits per heavy atom. The molecule has 0 aromatic carbocycles. The molecule has 2 aliphatic rings. The summed E-state index contributed by atoms with van der Waals surface area (Å²) in [6, 6.07) is 0. The summed E-state index contributed by atoms with van der Waals surface area (Å²) in [5, 5.41) is 0. The molecule has 2 aliphatic carbocycles. The summed E-state index contributed by atoms with van der Waals surface area (Å²) in [6.07, 6.45) is 8.19. The van der Waals surface area contributed by atoms with Gasteiger partial charge in [0, 0.05) is 19.6 Å². The van der Waals surface area contributed by atoms with Gasteiger partial charge in [-0.05, 0) is 37.2 Å². The summed E-state index contributed by atoms with van der Waals surface area (Å²) in [7, 11) is 1.65. The zero-order valence-corrected chi connectivity index (χ0v) is 12.8.